The van der Waals surface area contributed by atoms with Crippen molar-refractivity contribution in [3.63, 3.8) is 0 Å². The largest absolute Gasteiger partial charge is 0.446 e. The molecule has 2 aromatic carbocycles. The highest BCUT2D eigenvalue weighted by Gasteiger charge is 2.46. The molecule has 1 saturated heterocycles. The lowest BCUT2D eigenvalue weighted by Crippen LogP contribution is -2.32. The Hall–Kier alpha value is -3.43. The van der Waals surface area contributed by atoms with Crippen LogP contribution < -0.4 is 0 Å². The maximum absolute atomic E-state index is 13.3. The van der Waals surface area contributed by atoms with Crippen molar-refractivity contribution >= 4 is 22.0 Å². The van der Waals surface area contributed by atoms with Gasteiger partial charge in [-0.3, -0.25) is 9.69 Å². The lowest BCUT2D eigenvalue weighted by molar-refractivity contribution is -0.129. The van der Waals surface area contributed by atoms with Crippen LogP contribution in [-0.2, 0) is 27.9 Å². The molecule has 166 valence electrons. The van der Waals surface area contributed by atoms with Gasteiger partial charge in [0.1, 0.15) is 11.8 Å². The molecule has 8 nitrogen and oxygen atoms in total. The molecular weight excluding hydrogens is 430 g/mol. The molecule has 1 fully saturated rings. The second kappa shape index (κ2) is 8.60. The van der Waals surface area contributed by atoms with Crippen LogP contribution in [0.1, 0.15) is 22.9 Å². The number of sulfonamides is 1. The number of carbonyl (C=O) groups excluding carboxylic acids is 2. The van der Waals surface area contributed by atoms with Gasteiger partial charge in [0.2, 0.25) is 5.09 Å². The van der Waals surface area contributed by atoms with Crippen LogP contribution in [0.25, 0.3) is 0 Å². The molecule has 1 aromatic heterocycles. The third-order valence-electron chi connectivity index (χ3n) is 5.29. The monoisotopic (exact) mass is 453 g/mol. The van der Waals surface area contributed by atoms with Crippen molar-refractivity contribution in [3.8, 4) is 0 Å². The van der Waals surface area contributed by atoms with Crippen LogP contribution in [0.4, 0.5) is 4.79 Å². The summed E-state index contributed by atoms with van der Waals surface area (Å²) in [6.45, 7) is 0.106. The fourth-order valence-corrected chi connectivity index (χ4v) is 4.41. The van der Waals surface area contributed by atoms with Crippen LogP contribution in [0.2, 0.25) is 0 Å². The van der Waals surface area contributed by atoms with Crippen molar-refractivity contribution in [3.05, 3.63) is 89.7 Å². The van der Waals surface area contributed by atoms with Crippen molar-refractivity contribution in [2.45, 2.75) is 24.2 Å². The van der Waals surface area contributed by atoms with E-state index in [4.69, 9.17) is 4.42 Å². The first kappa shape index (κ1) is 21.8. The molecule has 1 aliphatic heterocycles. The summed E-state index contributed by atoms with van der Waals surface area (Å²) in [5, 5.41) is -0.239. The number of rotatable bonds is 7. The number of carbonyl (C=O) groups is 2. The van der Waals surface area contributed by atoms with Gasteiger partial charge >= 0.3 is 6.03 Å². The Labute approximate surface area is 186 Å². The minimum Gasteiger partial charge on any atom is -0.446 e. The Balaban J connectivity index is 1.64. The van der Waals surface area contributed by atoms with Crippen LogP contribution in [0.15, 0.2) is 82.3 Å². The third-order valence-corrected chi connectivity index (χ3v) is 6.97. The average Bonchev–Trinajstić information content (AvgIpc) is 3.35. The molecule has 3 aromatic rings. The summed E-state index contributed by atoms with van der Waals surface area (Å²) >= 11 is 0. The third kappa shape index (κ3) is 4.04. The Morgan fingerprint density at radius 3 is 2.12 bits per heavy atom. The smallest absolute Gasteiger partial charge is 0.328 e. The van der Waals surface area contributed by atoms with Crippen molar-refractivity contribution in [2.24, 2.45) is 0 Å². The SMILES string of the molecule is CN(C)S(=O)(=O)c1ccc(CN2C(=O)C(c3ccccc3)N(Cc3ccccc3)C2=O)o1. The Kier molecular flexibility index (Phi) is 5.86. The van der Waals surface area contributed by atoms with Gasteiger partial charge in [-0.2, -0.15) is 0 Å². The predicted molar refractivity (Wildman–Crippen MR) is 117 cm³/mol. The minimum absolute atomic E-state index is 0.158. The quantitative estimate of drug-likeness (QED) is 0.512. The number of nitrogens with zero attached hydrogens (tertiary/aromatic N) is 3. The summed E-state index contributed by atoms with van der Waals surface area (Å²) in [6, 6.07) is 20.1. The Bertz CT molecular complexity index is 1220. The van der Waals surface area contributed by atoms with E-state index in [0.717, 1.165) is 14.8 Å². The highest BCUT2D eigenvalue weighted by atomic mass is 32.2. The summed E-state index contributed by atoms with van der Waals surface area (Å²) < 4.78 is 31.1. The molecule has 4 rings (SSSR count). The van der Waals surface area contributed by atoms with E-state index < -0.39 is 22.1 Å². The number of imide groups is 1. The van der Waals surface area contributed by atoms with E-state index in [1.54, 1.807) is 0 Å². The first-order chi connectivity index (χ1) is 15.3. The molecule has 0 radical (unpaired) electrons. The highest BCUT2D eigenvalue weighted by Crippen LogP contribution is 2.33. The molecule has 3 amide bonds. The number of urea groups is 1. The van der Waals surface area contributed by atoms with E-state index in [-0.39, 0.29) is 29.8 Å². The number of hydrogen-bond acceptors (Lipinski definition) is 5. The summed E-state index contributed by atoms with van der Waals surface area (Å²) in [5.41, 5.74) is 1.60. The minimum atomic E-state index is -3.75. The second-order valence-corrected chi connectivity index (χ2v) is 9.72. The van der Waals surface area contributed by atoms with Gasteiger partial charge < -0.3 is 9.32 Å². The first-order valence-electron chi connectivity index (χ1n) is 10.0. The predicted octanol–water partition coefficient (Wildman–Crippen LogP) is 3.24. The molecular formula is C23H23N3O5S. The topological polar surface area (TPSA) is 91.1 Å². The lowest BCUT2D eigenvalue weighted by Gasteiger charge is -2.22. The average molecular weight is 454 g/mol. The molecule has 9 heteroatoms. The maximum Gasteiger partial charge on any atom is 0.328 e. The van der Waals surface area contributed by atoms with Crippen LogP contribution in [0, 0.1) is 0 Å². The van der Waals surface area contributed by atoms with Crippen LogP contribution in [0.3, 0.4) is 0 Å². The first-order valence-corrected chi connectivity index (χ1v) is 11.4. The molecule has 0 aliphatic carbocycles. The zero-order valence-electron chi connectivity index (χ0n) is 17.7. The normalized spacial score (nSPS) is 16.9. The van der Waals surface area contributed by atoms with Crippen LogP contribution in [-0.4, -0.2) is 48.6 Å². The van der Waals surface area contributed by atoms with Gasteiger partial charge in [0.15, 0.2) is 0 Å². The number of furan rings is 1. The van der Waals surface area contributed by atoms with E-state index in [1.807, 2.05) is 60.7 Å². The number of hydrogen-bond donors (Lipinski definition) is 0. The van der Waals surface area contributed by atoms with E-state index >= 15 is 0 Å². The second-order valence-electron chi connectivity index (χ2n) is 7.64. The van der Waals surface area contributed by atoms with Crippen molar-refractivity contribution in [2.75, 3.05) is 14.1 Å². The Morgan fingerprint density at radius 2 is 1.50 bits per heavy atom. The van der Waals surface area contributed by atoms with Gasteiger partial charge in [-0.1, -0.05) is 60.7 Å². The van der Waals surface area contributed by atoms with Crippen molar-refractivity contribution in [1.29, 1.82) is 0 Å². The fraction of sp³-hybridized carbons (Fsp3) is 0.217. The molecule has 0 spiro atoms. The number of amides is 3. The van der Waals surface area contributed by atoms with Gasteiger partial charge in [-0.05, 0) is 23.3 Å². The number of benzene rings is 2. The van der Waals surface area contributed by atoms with E-state index in [9.17, 15) is 18.0 Å². The zero-order valence-corrected chi connectivity index (χ0v) is 18.5. The van der Waals surface area contributed by atoms with Gasteiger partial charge in [0, 0.05) is 20.6 Å². The van der Waals surface area contributed by atoms with Crippen molar-refractivity contribution in [1.82, 2.24) is 14.1 Å². The zero-order chi connectivity index (χ0) is 22.9. The van der Waals surface area contributed by atoms with Gasteiger partial charge in [0.05, 0.1) is 6.54 Å². The molecule has 1 atom stereocenters. The van der Waals surface area contributed by atoms with Crippen LogP contribution >= 0.6 is 0 Å². The van der Waals surface area contributed by atoms with Gasteiger partial charge in [-0.15, -0.1) is 0 Å². The van der Waals surface area contributed by atoms with E-state index in [1.165, 1.54) is 31.1 Å². The summed E-state index contributed by atoms with van der Waals surface area (Å²) in [5.74, 6) is -0.175. The molecule has 0 saturated carbocycles. The molecule has 0 N–H and O–H groups in total. The maximum atomic E-state index is 13.3. The van der Waals surface area contributed by atoms with Gasteiger partial charge in [0.25, 0.3) is 15.9 Å². The van der Waals surface area contributed by atoms with E-state index in [0.29, 0.717) is 5.56 Å². The molecule has 32 heavy (non-hydrogen) atoms. The van der Waals surface area contributed by atoms with Gasteiger partial charge in [-0.25, -0.2) is 17.5 Å². The Morgan fingerprint density at radius 1 is 0.875 bits per heavy atom. The highest BCUT2D eigenvalue weighted by molar-refractivity contribution is 7.88. The molecule has 2 heterocycles. The summed E-state index contributed by atoms with van der Waals surface area (Å²) in [4.78, 5) is 29.2. The fourth-order valence-electron chi connectivity index (χ4n) is 3.60. The standard InChI is InChI=1S/C23H23N3O5S/c1-24(2)32(29,30)20-14-13-19(31-20)16-26-22(27)21(18-11-7-4-8-12-18)25(23(26)28)15-17-9-5-3-6-10-17/h3-14,21H,15-16H2,1-2H3. The molecule has 1 unspecified atom stereocenters. The van der Waals surface area contributed by atoms with E-state index in [2.05, 4.69) is 0 Å². The molecule has 0 bridgehead atoms. The summed E-state index contributed by atoms with van der Waals surface area (Å²) in [7, 11) is -0.955. The summed E-state index contributed by atoms with van der Waals surface area (Å²) in [6.07, 6.45) is 0. The lowest BCUT2D eigenvalue weighted by atomic mass is 10.1. The van der Waals surface area contributed by atoms with Crippen LogP contribution in [0.5, 0.6) is 0 Å². The molecule has 1 aliphatic rings. The van der Waals surface area contributed by atoms with Crippen molar-refractivity contribution < 1.29 is 22.4 Å².